The molecule has 0 unspecified atom stereocenters. The minimum Gasteiger partial charge on any atom is -0.401 e. The molecular weight excluding hydrogens is 254 g/mol. The van der Waals surface area contributed by atoms with Gasteiger partial charge in [0.05, 0.1) is 4.90 Å². The molecule has 0 aliphatic heterocycles. The number of nitriles is 1. The van der Waals surface area contributed by atoms with Gasteiger partial charge in [-0.05, 0) is 19.1 Å². The quantitative estimate of drug-likeness (QED) is 0.600. The molecule has 3 N–H and O–H groups in total. The Hall–Kier alpha value is -2.33. The van der Waals surface area contributed by atoms with E-state index in [1.807, 2.05) is 0 Å². The average molecular weight is 265 g/mol. The number of rotatable bonds is 3. The Labute approximate surface area is 105 Å². The molecule has 0 radical (unpaired) electrons. The summed E-state index contributed by atoms with van der Waals surface area (Å²) in [5, 5.41) is 8.69. The summed E-state index contributed by atoms with van der Waals surface area (Å²) in [5.41, 5.74) is 4.84. The highest BCUT2D eigenvalue weighted by atomic mass is 32.2. The van der Waals surface area contributed by atoms with Gasteiger partial charge in [0, 0.05) is 5.70 Å². The standard InChI is InChI=1S/C11H11N3O3S/c1-8(13)10(7-12)11(15)14-18(16,17)9-5-3-2-4-6-9/h2-6H,13H2,1H3,(H,14,15)/b10-8+. The summed E-state index contributed by atoms with van der Waals surface area (Å²) in [7, 11) is -3.99. The SMILES string of the molecule is C/C(N)=C(/C#N)C(=O)NS(=O)(=O)c1ccccc1. The minimum absolute atomic E-state index is 0.0433. The monoisotopic (exact) mass is 265 g/mol. The van der Waals surface area contributed by atoms with Crippen LogP contribution in [0.2, 0.25) is 0 Å². The van der Waals surface area contributed by atoms with Gasteiger partial charge in [-0.3, -0.25) is 4.79 Å². The van der Waals surface area contributed by atoms with Gasteiger partial charge in [-0.1, -0.05) is 18.2 Å². The number of hydrogen-bond acceptors (Lipinski definition) is 5. The summed E-state index contributed by atoms with van der Waals surface area (Å²) in [4.78, 5) is 11.5. The molecule has 0 saturated carbocycles. The van der Waals surface area contributed by atoms with E-state index in [0.29, 0.717) is 0 Å². The Morgan fingerprint density at radius 1 is 1.33 bits per heavy atom. The van der Waals surface area contributed by atoms with Crippen molar-refractivity contribution in [1.29, 1.82) is 5.26 Å². The van der Waals surface area contributed by atoms with Crippen LogP contribution in [-0.2, 0) is 14.8 Å². The van der Waals surface area contributed by atoms with Crippen LogP contribution in [0.4, 0.5) is 0 Å². The van der Waals surface area contributed by atoms with E-state index < -0.39 is 21.5 Å². The second-order valence-corrected chi connectivity index (χ2v) is 5.10. The molecule has 0 aliphatic carbocycles. The largest absolute Gasteiger partial charge is 0.401 e. The summed E-state index contributed by atoms with van der Waals surface area (Å²) in [6.45, 7) is 1.34. The lowest BCUT2D eigenvalue weighted by Gasteiger charge is -2.06. The summed E-state index contributed by atoms with van der Waals surface area (Å²) < 4.78 is 25.3. The van der Waals surface area contributed by atoms with E-state index in [-0.39, 0.29) is 10.6 Å². The maximum atomic E-state index is 11.8. The molecule has 0 saturated heterocycles. The molecule has 7 heteroatoms. The minimum atomic E-state index is -3.99. The van der Waals surface area contributed by atoms with Crippen molar-refractivity contribution in [3.05, 3.63) is 41.6 Å². The van der Waals surface area contributed by atoms with Gasteiger partial charge in [-0.2, -0.15) is 5.26 Å². The van der Waals surface area contributed by atoms with Crippen molar-refractivity contribution in [3.63, 3.8) is 0 Å². The number of allylic oxidation sites excluding steroid dienone is 1. The Kier molecular flexibility index (Phi) is 4.07. The number of benzene rings is 1. The number of nitrogens with two attached hydrogens (primary N) is 1. The fraction of sp³-hybridized carbons (Fsp3) is 0.0909. The summed E-state index contributed by atoms with van der Waals surface area (Å²) in [6, 6.07) is 8.91. The zero-order valence-corrected chi connectivity index (χ0v) is 10.4. The van der Waals surface area contributed by atoms with Crippen molar-refractivity contribution in [2.75, 3.05) is 0 Å². The molecule has 0 spiro atoms. The van der Waals surface area contributed by atoms with Crippen LogP contribution in [0, 0.1) is 11.3 Å². The molecule has 1 aromatic carbocycles. The molecule has 0 aromatic heterocycles. The third kappa shape index (κ3) is 3.09. The summed E-state index contributed by atoms with van der Waals surface area (Å²) >= 11 is 0. The van der Waals surface area contributed by atoms with Gasteiger partial charge in [-0.25, -0.2) is 13.1 Å². The van der Waals surface area contributed by atoms with Crippen molar-refractivity contribution >= 4 is 15.9 Å². The van der Waals surface area contributed by atoms with Crippen molar-refractivity contribution in [2.24, 2.45) is 5.73 Å². The molecule has 1 rings (SSSR count). The van der Waals surface area contributed by atoms with E-state index in [2.05, 4.69) is 0 Å². The lowest BCUT2D eigenvalue weighted by Crippen LogP contribution is -2.32. The first kappa shape index (κ1) is 13.7. The van der Waals surface area contributed by atoms with Crippen LogP contribution in [-0.4, -0.2) is 14.3 Å². The topological polar surface area (TPSA) is 113 Å². The fourth-order valence-corrected chi connectivity index (χ4v) is 2.13. The van der Waals surface area contributed by atoms with Crippen molar-refractivity contribution in [3.8, 4) is 6.07 Å². The first-order valence-electron chi connectivity index (χ1n) is 4.87. The molecule has 0 heterocycles. The normalized spacial score (nSPS) is 12.2. The second kappa shape index (κ2) is 5.33. The maximum absolute atomic E-state index is 11.8. The third-order valence-corrected chi connectivity index (χ3v) is 3.36. The molecule has 1 aromatic rings. The number of hydrogen-bond donors (Lipinski definition) is 2. The number of carbonyl (C=O) groups is 1. The summed E-state index contributed by atoms with van der Waals surface area (Å²) in [5.74, 6) is -1.04. The van der Waals surface area contributed by atoms with E-state index >= 15 is 0 Å². The van der Waals surface area contributed by atoms with Gasteiger partial charge in [0.25, 0.3) is 15.9 Å². The van der Waals surface area contributed by atoms with Crippen molar-refractivity contribution in [1.82, 2.24) is 4.72 Å². The maximum Gasteiger partial charge on any atom is 0.277 e. The van der Waals surface area contributed by atoms with Crippen LogP contribution < -0.4 is 10.5 Å². The zero-order valence-electron chi connectivity index (χ0n) is 9.54. The van der Waals surface area contributed by atoms with E-state index in [1.165, 1.54) is 31.2 Å². The van der Waals surface area contributed by atoms with Crippen LogP contribution in [0.1, 0.15) is 6.92 Å². The first-order valence-corrected chi connectivity index (χ1v) is 6.35. The molecule has 6 nitrogen and oxygen atoms in total. The highest BCUT2D eigenvalue weighted by molar-refractivity contribution is 7.90. The highest BCUT2D eigenvalue weighted by Crippen LogP contribution is 2.08. The van der Waals surface area contributed by atoms with Crippen molar-refractivity contribution in [2.45, 2.75) is 11.8 Å². The van der Waals surface area contributed by atoms with Crippen LogP contribution in [0.15, 0.2) is 46.5 Å². The molecule has 0 fully saturated rings. The van der Waals surface area contributed by atoms with Crippen LogP contribution in [0.25, 0.3) is 0 Å². The smallest absolute Gasteiger partial charge is 0.277 e. The molecule has 1 amide bonds. The zero-order chi connectivity index (χ0) is 13.8. The average Bonchev–Trinajstić information content (AvgIpc) is 2.29. The molecule has 0 atom stereocenters. The summed E-state index contributed by atoms with van der Waals surface area (Å²) in [6.07, 6.45) is 0. The lowest BCUT2D eigenvalue weighted by molar-refractivity contribution is -0.115. The molecule has 94 valence electrons. The fourth-order valence-electron chi connectivity index (χ4n) is 1.15. The van der Waals surface area contributed by atoms with E-state index in [4.69, 9.17) is 11.0 Å². The number of carbonyl (C=O) groups excluding carboxylic acids is 1. The Bertz CT molecular complexity index is 623. The predicted molar refractivity (Wildman–Crippen MR) is 64.3 cm³/mol. The van der Waals surface area contributed by atoms with E-state index in [1.54, 1.807) is 16.9 Å². The number of nitrogens with one attached hydrogen (secondary N) is 1. The first-order chi connectivity index (χ1) is 8.38. The third-order valence-electron chi connectivity index (χ3n) is 2.01. The van der Waals surface area contributed by atoms with E-state index in [0.717, 1.165) is 0 Å². The van der Waals surface area contributed by atoms with Crippen LogP contribution >= 0.6 is 0 Å². The molecular formula is C11H11N3O3S. The molecule has 0 bridgehead atoms. The van der Waals surface area contributed by atoms with Gasteiger partial charge >= 0.3 is 0 Å². The van der Waals surface area contributed by atoms with Crippen LogP contribution in [0.3, 0.4) is 0 Å². The molecule has 0 aliphatic rings. The molecule has 18 heavy (non-hydrogen) atoms. The second-order valence-electron chi connectivity index (χ2n) is 3.42. The van der Waals surface area contributed by atoms with Gasteiger partial charge in [0.2, 0.25) is 0 Å². The lowest BCUT2D eigenvalue weighted by atomic mass is 10.2. The number of sulfonamides is 1. The Morgan fingerprint density at radius 3 is 2.33 bits per heavy atom. The predicted octanol–water partition coefficient (Wildman–Crippen LogP) is 0.248. The van der Waals surface area contributed by atoms with Crippen molar-refractivity contribution < 1.29 is 13.2 Å². The number of nitrogens with zero attached hydrogens (tertiary/aromatic N) is 1. The van der Waals surface area contributed by atoms with E-state index in [9.17, 15) is 13.2 Å². The van der Waals surface area contributed by atoms with Gasteiger partial charge in [-0.15, -0.1) is 0 Å². The van der Waals surface area contributed by atoms with Gasteiger partial charge < -0.3 is 5.73 Å². The van der Waals surface area contributed by atoms with Crippen LogP contribution in [0.5, 0.6) is 0 Å². The Balaban J connectivity index is 3.04. The Morgan fingerprint density at radius 2 is 1.89 bits per heavy atom. The highest BCUT2D eigenvalue weighted by Gasteiger charge is 2.20. The number of amides is 1. The van der Waals surface area contributed by atoms with Gasteiger partial charge in [0.1, 0.15) is 11.6 Å². The van der Waals surface area contributed by atoms with Gasteiger partial charge in [0.15, 0.2) is 0 Å².